The largest absolute Gasteiger partial charge is 0.445 e. The van der Waals surface area contributed by atoms with E-state index in [1.807, 2.05) is 30.3 Å². The Kier molecular flexibility index (Phi) is 5.38. The highest BCUT2D eigenvalue weighted by atomic mass is 16.6. The van der Waals surface area contributed by atoms with Gasteiger partial charge in [0, 0.05) is 19.0 Å². The van der Waals surface area contributed by atoms with Crippen LogP contribution in [0.25, 0.3) is 0 Å². The number of carbonyl (C=O) groups excluding carboxylic acids is 1. The number of hydrogen-bond acceptors (Lipinski definition) is 4. The SMILES string of the molecule is O=C(OCc1ccccc1)N1CCC[C@@H]([C@@H](O)CO)C1. The number of piperidine rings is 1. The molecule has 5 heteroatoms. The number of nitrogens with zero attached hydrogens (tertiary/aromatic N) is 1. The molecule has 0 spiro atoms. The monoisotopic (exact) mass is 279 g/mol. The van der Waals surface area contributed by atoms with E-state index in [4.69, 9.17) is 9.84 Å². The Morgan fingerprint density at radius 2 is 2.15 bits per heavy atom. The third-order valence-electron chi connectivity index (χ3n) is 3.65. The lowest BCUT2D eigenvalue weighted by molar-refractivity contribution is 0.00920. The molecule has 1 heterocycles. The van der Waals surface area contributed by atoms with Gasteiger partial charge in [-0.1, -0.05) is 30.3 Å². The summed E-state index contributed by atoms with van der Waals surface area (Å²) in [5, 5.41) is 18.6. The minimum atomic E-state index is -0.764. The van der Waals surface area contributed by atoms with E-state index in [1.165, 1.54) is 0 Å². The van der Waals surface area contributed by atoms with Crippen molar-refractivity contribution in [3.63, 3.8) is 0 Å². The molecule has 0 aliphatic carbocycles. The third-order valence-corrected chi connectivity index (χ3v) is 3.65. The average molecular weight is 279 g/mol. The molecule has 0 radical (unpaired) electrons. The molecule has 1 fully saturated rings. The molecule has 0 aromatic heterocycles. The Balaban J connectivity index is 1.83. The number of likely N-dealkylation sites (tertiary alicyclic amines) is 1. The van der Waals surface area contributed by atoms with Crippen LogP contribution >= 0.6 is 0 Å². The van der Waals surface area contributed by atoms with Crippen molar-refractivity contribution in [3.8, 4) is 0 Å². The van der Waals surface area contributed by atoms with Crippen molar-refractivity contribution in [1.29, 1.82) is 0 Å². The average Bonchev–Trinajstić information content (AvgIpc) is 2.53. The number of aliphatic hydroxyl groups is 2. The van der Waals surface area contributed by atoms with Gasteiger partial charge < -0.3 is 19.8 Å². The highest BCUT2D eigenvalue weighted by molar-refractivity contribution is 5.67. The Bertz CT molecular complexity index is 423. The summed E-state index contributed by atoms with van der Waals surface area (Å²) in [7, 11) is 0. The molecular formula is C15H21NO4. The summed E-state index contributed by atoms with van der Waals surface area (Å²) in [6, 6.07) is 9.52. The molecule has 0 unspecified atom stereocenters. The minimum absolute atomic E-state index is 0.0713. The Morgan fingerprint density at radius 3 is 2.85 bits per heavy atom. The van der Waals surface area contributed by atoms with Crippen molar-refractivity contribution >= 4 is 6.09 Å². The number of rotatable bonds is 4. The molecule has 0 bridgehead atoms. The molecule has 1 aromatic rings. The lowest BCUT2D eigenvalue weighted by atomic mass is 9.93. The van der Waals surface area contributed by atoms with Crippen LogP contribution in [0.1, 0.15) is 18.4 Å². The number of carbonyl (C=O) groups is 1. The van der Waals surface area contributed by atoms with Crippen LogP contribution < -0.4 is 0 Å². The molecule has 1 aliphatic heterocycles. The fourth-order valence-corrected chi connectivity index (χ4v) is 2.45. The quantitative estimate of drug-likeness (QED) is 0.874. The van der Waals surface area contributed by atoms with Crippen molar-refractivity contribution in [2.45, 2.75) is 25.6 Å². The number of ether oxygens (including phenoxy) is 1. The lowest BCUT2D eigenvalue weighted by Gasteiger charge is -2.33. The first-order chi connectivity index (χ1) is 9.70. The van der Waals surface area contributed by atoms with Gasteiger partial charge in [0.1, 0.15) is 6.61 Å². The molecule has 2 rings (SSSR count). The van der Waals surface area contributed by atoms with Crippen LogP contribution in [0.15, 0.2) is 30.3 Å². The standard InChI is InChI=1S/C15H21NO4/c17-10-14(18)13-7-4-8-16(9-13)15(19)20-11-12-5-2-1-3-6-12/h1-3,5-6,13-14,17-18H,4,7-11H2/t13-,14+/m1/s1. The Morgan fingerprint density at radius 1 is 1.40 bits per heavy atom. The first kappa shape index (κ1) is 14.8. The summed E-state index contributed by atoms with van der Waals surface area (Å²) in [5.74, 6) is -0.0713. The van der Waals surface area contributed by atoms with E-state index < -0.39 is 6.10 Å². The lowest BCUT2D eigenvalue weighted by Crippen LogP contribution is -2.44. The molecular weight excluding hydrogens is 258 g/mol. The first-order valence-electron chi connectivity index (χ1n) is 6.95. The topological polar surface area (TPSA) is 70.0 Å². The van der Waals surface area contributed by atoms with Gasteiger partial charge in [-0.25, -0.2) is 4.79 Å². The molecule has 2 atom stereocenters. The van der Waals surface area contributed by atoms with Crippen LogP contribution in [-0.2, 0) is 11.3 Å². The predicted octanol–water partition coefficient (Wildman–Crippen LogP) is 1.39. The van der Waals surface area contributed by atoms with Gasteiger partial charge in [-0.2, -0.15) is 0 Å². The van der Waals surface area contributed by atoms with Crippen LogP contribution in [0, 0.1) is 5.92 Å². The highest BCUT2D eigenvalue weighted by Crippen LogP contribution is 2.20. The Labute approximate surface area is 118 Å². The molecule has 110 valence electrons. The van der Waals surface area contributed by atoms with E-state index in [-0.39, 0.29) is 25.2 Å². The van der Waals surface area contributed by atoms with Gasteiger partial charge in [-0.3, -0.25) is 0 Å². The van der Waals surface area contributed by atoms with Gasteiger partial charge in [0.15, 0.2) is 0 Å². The van der Waals surface area contributed by atoms with Crippen LogP contribution in [0.2, 0.25) is 0 Å². The van der Waals surface area contributed by atoms with Crippen molar-refractivity contribution in [2.24, 2.45) is 5.92 Å². The number of hydrogen-bond donors (Lipinski definition) is 2. The fraction of sp³-hybridized carbons (Fsp3) is 0.533. The molecule has 2 N–H and O–H groups in total. The van der Waals surface area contributed by atoms with Gasteiger partial charge in [0.2, 0.25) is 0 Å². The van der Waals surface area contributed by atoms with Crippen LogP contribution in [0.5, 0.6) is 0 Å². The number of benzene rings is 1. The van der Waals surface area contributed by atoms with E-state index >= 15 is 0 Å². The van der Waals surface area contributed by atoms with E-state index in [0.717, 1.165) is 18.4 Å². The molecule has 1 amide bonds. The molecule has 1 aliphatic rings. The second kappa shape index (κ2) is 7.26. The fourth-order valence-electron chi connectivity index (χ4n) is 2.45. The summed E-state index contributed by atoms with van der Waals surface area (Å²) in [6.45, 7) is 1.07. The zero-order valence-corrected chi connectivity index (χ0v) is 11.4. The Hall–Kier alpha value is -1.59. The molecule has 0 saturated carbocycles. The van der Waals surface area contributed by atoms with Crippen LogP contribution in [0.3, 0.4) is 0 Å². The van der Waals surface area contributed by atoms with Crippen molar-refractivity contribution in [1.82, 2.24) is 4.90 Å². The summed E-state index contributed by atoms with van der Waals surface area (Å²) < 4.78 is 5.27. The van der Waals surface area contributed by atoms with Crippen LogP contribution in [0.4, 0.5) is 4.79 Å². The van der Waals surface area contributed by atoms with Crippen LogP contribution in [-0.4, -0.2) is 47.0 Å². The molecule has 1 aromatic carbocycles. The summed E-state index contributed by atoms with van der Waals surface area (Å²) in [4.78, 5) is 13.6. The highest BCUT2D eigenvalue weighted by Gasteiger charge is 2.28. The second-order valence-electron chi connectivity index (χ2n) is 5.14. The molecule has 1 saturated heterocycles. The maximum absolute atomic E-state index is 12.0. The van der Waals surface area contributed by atoms with Gasteiger partial charge in [0.25, 0.3) is 0 Å². The third kappa shape index (κ3) is 3.95. The van der Waals surface area contributed by atoms with E-state index in [2.05, 4.69) is 0 Å². The maximum Gasteiger partial charge on any atom is 0.410 e. The van der Waals surface area contributed by atoms with Gasteiger partial charge >= 0.3 is 6.09 Å². The predicted molar refractivity (Wildman–Crippen MR) is 74.0 cm³/mol. The smallest absolute Gasteiger partial charge is 0.410 e. The summed E-state index contributed by atoms with van der Waals surface area (Å²) >= 11 is 0. The second-order valence-corrected chi connectivity index (χ2v) is 5.14. The van der Waals surface area contributed by atoms with E-state index in [9.17, 15) is 9.90 Å². The molecule has 20 heavy (non-hydrogen) atoms. The summed E-state index contributed by atoms with van der Waals surface area (Å²) in [5.41, 5.74) is 0.949. The normalized spacial score (nSPS) is 20.5. The zero-order chi connectivity index (χ0) is 14.4. The van der Waals surface area contributed by atoms with Gasteiger partial charge in [-0.05, 0) is 18.4 Å². The zero-order valence-electron chi connectivity index (χ0n) is 11.4. The van der Waals surface area contributed by atoms with Crippen molar-refractivity contribution in [2.75, 3.05) is 19.7 Å². The summed E-state index contributed by atoms with van der Waals surface area (Å²) in [6.07, 6.45) is 0.523. The van der Waals surface area contributed by atoms with Gasteiger partial charge in [-0.15, -0.1) is 0 Å². The van der Waals surface area contributed by atoms with E-state index in [1.54, 1.807) is 4.90 Å². The molecule has 5 nitrogen and oxygen atoms in total. The maximum atomic E-state index is 12.0. The van der Waals surface area contributed by atoms with Crippen molar-refractivity contribution < 1.29 is 19.7 Å². The first-order valence-corrected chi connectivity index (χ1v) is 6.95. The van der Waals surface area contributed by atoms with E-state index in [0.29, 0.717) is 13.1 Å². The minimum Gasteiger partial charge on any atom is -0.445 e. The van der Waals surface area contributed by atoms with Crippen molar-refractivity contribution in [3.05, 3.63) is 35.9 Å². The number of aliphatic hydroxyl groups excluding tert-OH is 2. The number of amides is 1. The van der Waals surface area contributed by atoms with Gasteiger partial charge in [0.05, 0.1) is 12.7 Å².